The lowest BCUT2D eigenvalue weighted by molar-refractivity contribution is -0.116. The van der Waals surface area contributed by atoms with Crippen molar-refractivity contribution >= 4 is 5.78 Å². The maximum Gasteiger partial charge on any atom is 0.148 e. The van der Waals surface area contributed by atoms with Crippen LogP contribution in [0, 0.1) is 0 Å². The van der Waals surface area contributed by atoms with Gasteiger partial charge >= 0.3 is 0 Å². The molecule has 15 heavy (non-hydrogen) atoms. The van der Waals surface area contributed by atoms with E-state index in [2.05, 4.69) is 36.1 Å². The topological polar surface area (TPSA) is 20.3 Å². The first-order valence-electron chi connectivity index (χ1n) is 5.60. The van der Waals surface area contributed by atoms with Gasteiger partial charge in [-0.2, -0.15) is 0 Å². The van der Waals surface area contributed by atoms with E-state index in [4.69, 9.17) is 0 Å². The van der Waals surface area contributed by atoms with E-state index in [1.54, 1.807) is 0 Å². The van der Waals surface area contributed by atoms with Crippen molar-refractivity contribution in [1.82, 2.24) is 4.90 Å². The van der Waals surface area contributed by atoms with Crippen LogP contribution in [0.5, 0.6) is 0 Å². The van der Waals surface area contributed by atoms with Crippen LogP contribution in [-0.4, -0.2) is 23.8 Å². The normalized spacial score (nSPS) is 17.3. The van der Waals surface area contributed by atoms with Crippen LogP contribution in [0.3, 0.4) is 0 Å². The van der Waals surface area contributed by atoms with Gasteiger partial charge < -0.3 is 0 Å². The van der Waals surface area contributed by atoms with Crippen LogP contribution in [-0.2, 0) is 17.8 Å². The van der Waals surface area contributed by atoms with E-state index in [0.29, 0.717) is 12.3 Å². The minimum absolute atomic E-state index is 0.375. The Bertz CT molecular complexity index is 342. The second-order valence-electron chi connectivity index (χ2n) is 4.17. The Morgan fingerprint density at radius 1 is 1.20 bits per heavy atom. The summed E-state index contributed by atoms with van der Waals surface area (Å²) in [7, 11) is 0. The zero-order valence-corrected chi connectivity index (χ0v) is 9.20. The van der Waals surface area contributed by atoms with Crippen LogP contribution in [0.4, 0.5) is 0 Å². The van der Waals surface area contributed by atoms with Gasteiger partial charge in [-0.15, -0.1) is 0 Å². The summed E-state index contributed by atoms with van der Waals surface area (Å²) >= 11 is 0. The molecule has 0 unspecified atom stereocenters. The average molecular weight is 203 g/mol. The monoisotopic (exact) mass is 203 g/mol. The summed E-state index contributed by atoms with van der Waals surface area (Å²) in [6, 6.07) is 8.68. The molecule has 1 saturated heterocycles. The van der Waals surface area contributed by atoms with Crippen molar-refractivity contribution in [3.8, 4) is 0 Å². The summed E-state index contributed by atoms with van der Waals surface area (Å²) in [4.78, 5) is 13.3. The van der Waals surface area contributed by atoms with Gasteiger partial charge in [0.15, 0.2) is 0 Å². The van der Waals surface area contributed by atoms with E-state index in [1.165, 1.54) is 11.1 Å². The van der Waals surface area contributed by atoms with E-state index in [0.717, 1.165) is 25.9 Å². The summed E-state index contributed by atoms with van der Waals surface area (Å²) in [5.74, 6) is 0.375. The maximum absolute atomic E-state index is 11.1. The fraction of sp³-hybridized carbons (Fsp3) is 0.462. The van der Waals surface area contributed by atoms with Gasteiger partial charge in [0, 0.05) is 19.5 Å². The molecule has 2 nitrogen and oxygen atoms in total. The number of ketones is 1. The molecular weight excluding hydrogens is 186 g/mol. The van der Waals surface area contributed by atoms with Crippen LogP contribution in [0.25, 0.3) is 0 Å². The van der Waals surface area contributed by atoms with Crippen LogP contribution >= 0.6 is 0 Å². The van der Waals surface area contributed by atoms with Gasteiger partial charge in [0.2, 0.25) is 0 Å². The molecule has 2 heteroatoms. The van der Waals surface area contributed by atoms with Gasteiger partial charge in [0.1, 0.15) is 5.78 Å². The molecule has 1 aliphatic rings. The SMILES string of the molecule is CCc1ccc(CN2CCC(=O)C2)cc1. The number of hydrogen-bond acceptors (Lipinski definition) is 2. The van der Waals surface area contributed by atoms with E-state index in [9.17, 15) is 4.79 Å². The quantitative estimate of drug-likeness (QED) is 0.749. The third-order valence-corrected chi connectivity index (χ3v) is 2.94. The number of aryl methyl sites for hydroxylation is 1. The summed E-state index contributed by atoms with van der Waals surface area (Å²) < 4.78 is 0. The number of likely N-dealkylation sites (tertiary alicyclic amines) is 1. The number of Topliss-reactive ketones (excluding diaryl/α,β-unsaturated/α-hetero) is 1. The lowest BCUT2D eigenvalue weighted by Crippen LogP contribution is -2.19. The molecule has 1 heterocycles. The molecule has 0 spiro atoms. The summed E-state index contributed by atoms with van der Waals surface area (Å²) in [5, 5.41) is 0. The van der Waals surface area contributed by atoms with Gasteiger partial charge in [-0.3, -0.25) is 9.69 Å². The van der Waals surface area contributed by atoms with Crippen molar-refractivity contribution in [1.29, 1.82) is 0 Å². The van der Waals surface area contributed by atoms with Gasteiger partial charge in [0.25, 0.3) is 0 Å². The molecule has 0 radical (unpaired) electrons. The maximum atomic E-state index is 11.1. The minimum Gasteiger partial charge on any atom is -0.298 e. The lowest BCUT2D eigenvalue weighted by atomic mass is 10.1. The van der Waals surface area contributed by atoms with Gasteiger partial charge in [-0.1, -0.05) is 31.2 Å². The van der Waals surface area contributed by atoms with Crippen LogP contribution in [0.2, 0.25) is 0 Å². The Labute approximate surface area is 90.9 Å². The zero-order chi connectivity index (χ0) is 10.7. The second kappa shape index (κ2) is 4.58. The number of carbonyl (C=O) groups excluding carboxylic acids is 1. The molecule has 1 aromatic rings. The average Bonchev–Trinajstić information content (AvgIpc) is 2.65. The number of rotatable bonds is 3. The van der Waals surface area contributed by atoms with Crippen molar-refractivity contribution < 1.29 is 4.79 Å². The molecule has 80 valence electrons. The lowest BCUT2D eigenvalue weighted by Gasteiger charge is -2.13. The van der Waals surface area contributed by atoms with Crippen molar-refractivity contribution in [3.63, 3.8) is 0 Å². The molecule has 0 saturated carbocycles. The van der Waals surface area contributed by atoms with E-state index < -0.39 is 0 Å². The highest BCUT2D eigenvalue weighted by molar-refractivity contribution is 5.82. The highest BCUT2D eigenvalue weighted by Crippen LogP contribution is 2.11. The second-order valence-corrected chi connectivity index (χ2v) is 4.17. The molecule has 1 aliphatic heterocycles. The van der Waals surface area contributed by atoms with Crippen molar-refractivity contribution in [2.75, 3.05) is 13.1 Å². The third kappa shape index (κ3) is 2.66. The van der Waals surface area contributed by atoms with Gasteiger partial charge in [0.05, 0.1) is 6.54 Å². The smallest absolute Gasteiger partial charge is 0.148 e. The Morgan fingerprint density at radius 3 is 2.40 bits per heavy atom. The Balaban J connectivity index is 1.96. The van der Waals surface area contributed by atoms with Crippen LogP contribution < -0.4 is 0 Å². The summed E-state index contributed by atoms with van der Waals surface area (Å²) in [6.07, 6.45) is 1.82. The molecular formula is C13H17NO. The molecule has 2 rings (SSSR count). The van der Waals surface area contributed by atoms with Crippen LogP contribution in [0.15, 0.2) is 24.3 Å². The van der Waals surface area contributed by atoms with E-state index in [1.807, 2.05) is 0 Å². The van der Waals surface area contributed by atoms with Crippen molar-refractivity contribution in [2.45, 2.75) is 26.3 Å². The highest BCUT2D eigenvalue weighted by atomic mass is 16.1. The Morgan fingerprint density at radius 2 is 1.87 bits per heavy atom. The number of benzene rings is 1. The number of nitrogens with zero attached hydrogens (tertiary/aromatic N) is 1. The number of carbonyl (C=O) groups is 1. The predicted octanol–water partition coefficient (Wildman–Crippen LogP) is 2.02. The molecule has 1 fully saturated rings. The van der Waals surface area contributed by atoms with Crippen molar-refractivity contribution in [3.05, 3.63) is 35.4 Å². The van der Waals surface area contributed by atoms with Crippen LogP contribution in [0.1, 0.15) is 24.5 Å². The third-order valence-electron chi connectivity index (χ3n) is 2.94. The number of hydrogen-bond donors (Lipinski definition) is 0. The van der Waals surface area contributed by atoms with Gasteiger partial charge in [-0.25, -0.2) is 0 Å². The van der Waals surface area contributed by atoms with Gasteiger partial charge in [-0.05, 0) is 17.5 Å². The zero-order valence-electron chi connectivity index (χ0n) is 9.20. The largest absolute Gasteiger partial charge is 0.298 e. The first kappa shape index (κ1) is 10.4. The molecule has 1 aromatic carbocycles. The summed E-state index contributed by atoms with van der Waals surface area (Å²) in [6.45, 7) is 4.63. The molecule has 0 bridgehead atoms. The molecule has 0 amide bonds. The van der Waals surface area contributed by atoms with Crippen molar-refractivity contribution in [2.24, 2.45) is 0 Å². The predicted molar refractivity (Wildman–Crippen MR) is 60.7 cm³/mol. The van der Waals surface area contributed by atoms with E-state index >= 15 is 0 Å². The molecule has 0 N–H and O–H groups in total. The summed E-state index contributed by atoms with van der Waals surface area (Å²) in [5.41, 5.74) is 2.68. The Kier molecular flexibility index (Phi) is 3.17. The van der Waals surface area contributed by atoms with E-state index in [-0.39, 0.29) is 0 Å². The Hall–Kier alpha value is -1.15. The minimum atomic E-state index is 0.375. The standard InChI is InChI=1S/C13H17NO/c1-2-11-3-5-12(6-4-11)9-14-8-7-13(15)10-14/h3-6H,2,7-10H2,1H3. The fourth-order valence-electron chi connectivity index (χ4n) is 1.96. The first-order chi connectivity index (χ1) is 7.28. The fourth-order valence-corrected chi connectivity index (χ4v) is 1.96. The molecule has 0 atom stereocenters. The highest BCUT2D eigenvalue weighted by Gasteiger charge is 2.18. The molecule has 0 aromatic heterocycles. The first-order valence-corrected chi connectivity index (χ1v) is 5.60. The molecule has 0 aliphatic carbocycles.